The first-order valence-electron chi connectivity index (χ1n) is 6.34. The minimum Gasteiger partial charge on any atom is -0.476 e. The van der Waals surface area contributed by atoms with Crippen LogP contribution in [0.4, 0.5) is 0 Å². The smallest absolute Gasteiger partial charge is 0.213 e. The Hall–Kier alpha value is -1.09. The van der Waals surface area contributed by atoms with Crippen LogP contribution in [0.25, 0.3) is 0 Å². The molecule has 1 N–H and O–H groups in total. The van der Waals surface area contributed by atoms with Crippen molar-refractivity contribution in [3.8, 4) is 5.88 Å². The van der Waals surface area contributed by atoms with Gasteiger partial charge in [-0.05, 0) is 23.9 Å². The third kappa shape index (κ3) is 5.18. The Morgan fingerprint density at radius 2 is 2.00 bits per heavy atom. The number of rotatable bonds is 6. The summed E-state index contributed by atoms with van der Waals surface area (Å²) in [4.78, 5) is 4.31. The number of nitrogens with zero attached hydrogens (tertiary/aromatic N) is 1. The van der Waals surface area contributed by atoms with Gasteiger partial charge in [-0.2, -0.15) is 0 Å². The first-order chi connectivity index (χ1) is 8.04. The average Bonchev–Trinajstić information content (AvgIpc) is 2.28. The maximum Gasteiger partial charge on any atom is 0.213 e. The summed E-state index contributed by atoms with van der Waals surface area (Å²) in [5, 5.41) is 3.29. The molecule has 1 heterocycles. The van der Waals surface area contributed by atoms with Crippen molar-refractivity contribution >= 4 is 0 Å². The highest BCUT2D eigenvalue weighted by atomic mass is 16.5. The van der Waals surface area contributed by atoms with Gasteiger partial charge in [0.15, 0.2) is 0 Å². The van der Waals surface area contributed by atoms with Gasteiger partial charge in [0.1, 0.15) is 6.61 Å². The molecule has 0 bridgehead atoms. The predicted octanol–water partition coefficient (Wildman–Crippen LogP) is 2.76. The van der Waals surface area contributed by atoms with E-state index in [1.54, 1.807) is 0 Å². The lowest BCUT2D eigenvalue weighted by Crippen LogP contribution is -2.21. The van der Waals surface area contributed by atoms with Crippen LogP contribution < -0.4 is 10.1 Å². The number of hydrogen-bond acceptors (Lipinski definition) is 3. The van der Waals surface area contributed by atoms with Gasteiger partial charge in [0.25, 0.3) is 0 Å². The predicted molar refractivity (Wildman–Crippen MR) is 71.6 cm³/mol. The molecule has 0 saturated carbocycles. The maximum absolute atomic E-state index is 5.55. The van der Waals surface area contributed by atoms with E-state index in [-0.39, 0.29) is 5.41 Å². The standard InChI is InChI=1S/C14H24N2O/c1-5-8-15-9-10-17-13-7-6-12(11-16-13)14(2,3)4/h6-7,11,15H,5,8-10H2,1-4H3. The second-order valence-corrected chi connectivity index (χ2v) is 5.23. The minimum atomic E-state index is 0.147. The normalized spacial score (nSPS) is 11.5. The Bertz CT molecular complexity index is 314. The molecule has 17 heavy (non-hydrogen) atoms. The van der Waals surface area contributed by atoms with E-state index in [0.29, 0.717) is 12.5 Å². The summed E-state index contributed by atoms with van der Waals surface area (Å²) in [6, 6.07) is 4.03. The van der Waals surface area contributed by atoms with Crippen LogP contribution in [0.15, 0.2) is 18.3 Å². The second kappa shape index (κ2) is 6.60. The van der Waals surface area contributed by atoms with Gasteiger partial charge < -0.3 is 10.1 Å². The Balaban J connectivity index is 2.36. The third-order valence-corrected chi connectivity index (χ3v) is 2.56. The van der Waals surface area contributed by atoms with E-state index in [2.05, 4.69) is 44.1 Å². The Morgan fingerprint density at radius 3 is 2.53 bits per heavy atom. The lowest BCUT2D eigenvalue weighted by atomic mass is 9.88. The summed E-state index contributed by atoms with van der Waals surface area (Å²) in [6.07, 6.45) is 3.05. The van der Waals surface area contributed by atoms with E-state index in [1.807, 2.05) is 12.3 Å². The molecule has 96 valence electrons. The molecule has 0 amide bonds. The van der Waals surface area contributed by atoms with Gasteiger partial charge >= 0.3 is 0 Å². The average molecular weight is 236 g/mol. The van der Waals surface area contributed by atoms with Crippen LogP contribution in [0.1, 0.15) is 39.7 Å². The molecule has 0 aliphatic rings. The zero-order chi connectivity index (χ0) is 12.7. The summed E-state index contributed by atoms with van der Waals surface area (Å²) in [5.74, 6) is 0.705. The first kappa shape index (κ1) is 14.0. The molecule has 0 spiro atoms. The molecule has 0 fully saturated rings. The van der Waals surface area contributed by atoms with Crippen molar-refractivity contribution in [3.05, 3.63) is 23.9 Å². The van der Waals surface area contributed by atoms with Crippen molar-refractivity contribution in [1.29, 1.82) is 0 Å². The number of hydrogen-bond donors (Lipinski definition) is 1. The molecule has 1 aromatic rings. The minimum absolute atomic E-state index is 0.147. The van der Waals surface area contributed by atoms with E-state index in [0.717, 1.165) is 19.5 Å². The van der Waals surface area contributed by atoms with Gasteiger partial charge in [0.2, 0.25) is 5.88 Å². The Labute approximate surface area is 105 Å². The zero-order valence-corrected chi connectivity index (χ0v) is 11.4. The molecule has 3 heteroatoms. The SMILES string of the molecule is CCCNCCOc1ccc(C(C)(C)C)cn1. The van der Waals surface area contributed by atoms with Gasteiger partial charge in [-0.15, -0.1) is 0 Å². The van der Waals surface area contributed by atoms with Gasteiger partial charge in [-0.25, -0.2) is 4.98 Å². The summed E-state index contributed by atoms with van der Waals surface area (Å²) >= 11 is 0. The first-order valence-corrected chi connectivity index (χ1v) is 6.34. The molecule has 0 aromatic carbocycles. The Kier molecular flexibility index (Phi) is 5.42. The van der Waals surface area contributed by atoms with Crippen molar-refractivity contribution < 1.29 is 4.74 Å². The summed E-state index contributed by atoms with van der Waals surface area (Å²) < 4.78 is 5.55. The van der Waals surface area contributed by atoms with Crippen molar-refractivity contribution in [3.63, 3.8) is 0 Å². The molecule has 1 rings (SSSR count). The molecule has 1 aromatic heterocycles. The highest BCUT2D eigenvalue weighted by Crippen LogP contribution is 2.22. The fourth-order valence-electron chi connectivity index (χ4n) is 1.44. The van der Waals surface area contributed by atoms with E-state index in [4.69, 9.17) is 4.74 Å². The van der Waals surface area contributed by atoms with Gasteiger partial charge in [-0.1, -0.05) is 33.8 Å². The van der Waals surface area contributed by atoms with Crippen LogP contribution in [0, 0.1) is 0 Å². The number of ether oxygens (including phenoxy) is 1. The number of nitrogens with one attached hydrogen (secondary N) is 1. The monoisotopic (exact) mass is 236 g/mol. The van der Waals surface area contributed by atoms with Crippen molar-refractivity contribution in [2.75, 3.05) is 19.7 Å². The number of aromatic nitrogens is 1. The zero-order valence-electron chi connectivity index (χ0n) is 11.4. The molecular weight excluding hydrogens is 212 g/mol. The third-order valence-electron chi connectivity index (χ3n) is 2.56. The summed E-state index contributed by atoms with van der Waals surface area (Å²) in [5.41, 5.74) is 1.38. The van der Waals surface area contributed by atoms with Crippen LogP contribution >= 0.6 is 0 Å². The van der Waals surface area contributed by atoms with Crippen LogP contribution in [-0.4, -0.2) is 24.7 Å². The van der Waals surface area contributed by atoms with Crippen LogP contribution in [0.5, 0.6) is 5.88 Å². The van der Waals surface area contributed by atoms with Crippen LogP contribution in [0.3, 0.4) is 0 Å². The molecule has 0 aliphatic heterocycles. The lowest BCUT2D eigenvalue weighted by Gasteiger charge is -2.18. The van der Waals surface area contributed by atoms with E-state index in [1.165, 1.54) is 5.56 Å². The van der Waals surface area contributed by atoms with Crippen molar-refractivity contribution in [2.45, 2.75) is 39.5 Å². The van der Waals surface area contributed by atoms with Gasteiger partial charge in [-0.3, -0.25) is 0 Å². The van der Waals surface area contributed by atoms with E-state index in [9.17, 15) is 0 Å². The van der Waals surface area contributed by atoms with Crippen LogP contribution in [-0.2, 0) is 5.41 Å². The van der Waals surface area contributed by atoms with E-state index < -0.39 is 0 Å². The van der Waals surface area contributed by atoms with Crippen molar-refractivity contribution in [2.24, 2.45) is 0 Å². The molecule has 3 nitrogen and oxygen atoms in total. The molecule has 0 radical (unpaired) electrons. The molecule has 0 atom stereocenters. The van der Waals surface area contributed by atoms with Gasteiger partial charge in [0.05, 0.1) is 0 Å². The van der Waals surface area contributed by atoms with E-state index >= 15 is 0 Å². The van der Waals surface area contributed by atoms with Gasteiger partial charge in [0, 0.05) is 18.8 Å². The topological polar surface area (TPSA) is 34.1 Å². The fraction of sp³-hybridized carbons (Fsp3) is 0.643. The molecule has 0 unspecified atom stereocenters. The summed E-state index contributed by atoms with van der Waals surface area (Å²) in [6.45, 7) is 11.3. The van der Waals surface area contributed by atoms with Crippen LogP contribution in [0.2, 0.25) is 0 Å². The number of pyridine rings is 1. The fourth-order valence-corrected chi connectivity index (χ4v) is 1.44. The largest absolute Gasteiger partial charge is 0.476 e. The van der Waals surface area contributed by atoms with Crippen molar-refractivity contribution in [1.82, 2.24) is 10.3 Å². The Morgan fingerprint density at radius 1 is 1.24 bits per heavy atom. The highest BCUT2D eigenvalue weighted by molar-refractivity contribution is 5.23. The second-order valence-electron chi connectivity index (χ2n) is 5.23. The quantitative estimate of drug-likeness (QED) is 0.771. The molecule has 0 aliphatic carbocycles. The molecule has 0 saturated heterocycles. The highest BCUT2D eigenvalue weighted by Gasteiger charge is 2.13. The maximum atomic E-state index is 5.55. The molecular formula is C14H24N2O. The summed E-state index contributed by atoms with van der Waals surface area (Å²) in [7, 11) is 0. The lowest BCUT2D eigenvalue weighted by molar-refractivity contribution is 0.302.